The van der Waals surface area contributed by atoms with Crippen LogP contribution in [-0.4, -0.2) is 20.3 Å². The predicted molar refractivity (Wildman–Crippen MR) is 124 cm³/mol. The molecule has 2 aromatic heterocycles. The Morgan fingerprint density at radius 2 is 1.50 bits per heavy atom. The van der Waals surface area contributed by atoms with Crippen molar-refractivity contribution < 1.29 is 4.79 Å². The molecule has 5 rings (SSSR count). The van der Waals surface area contributed by atoms with Crippen LogP contribution in [0.25, 0.3) is 16.9 Å². The first-order chi connectivity index (χ1) is 15.7. The van der Waals surface area contributed by atoms with Crippen molar-refractivity contribution in [1.82, 2.24) is 14.5 Å². The number of rotatable bonds is 5. The Morgan fingerprint density at radius 1 is 0.781 bits per heavy atom. The van der Waals surface area contributed by atoms with Crippen LogP contribution in [0.2, 0.25) is 0 Å². The van der Waals surface area contributed by atoms with Gasteiger partial charge in [-0.3, -0.25) is 14.2 Å². The fourth-order valence-electron chi connectivity index (χ4n) is 3.75. The smallest absolute Gasteiger partial charge is 0.278 e. The maximum absolute atomic E-state index is 13.5. The van der Waals surface area contributed by atoms with Gasteiger partial charge in [0.25, 0.3) is 5.56 Å². The molecule has 3 aromatic carbocycles. The highest BCUT2D eigenvalue weighted by molar-refractivity contribution is 6.09. The number of carbonyl (C=O) groups excluding carboxylic acids is 1. The Bertz CT molecular complexity index is 1480. The molecule has 154 valence electrons. The molecule has 0 spiro atoms. The molecule has 5 nitrogen and oxygen atoms in total. The molecule has 0 atom stereocenters. The molecule has 0 saturated carbocycles. The van der Waals surface area contributed by atoms with Crippen LogP contribution in [0, 0.1) is 0 Å². The Morgan fingerprint density at radius 3 is 2.28 bits per heavy atom. The summed E-state index contributed by atoms with van der Waals surface area (Å²) in [6.45, 7) is 0. The van der Waals surface area contributed by atoms with Crippen LogP contribution in [0.4, 0.5) is 0 Å². The minimum absolute atomic E-state index is 0.101. The Labute approximate surface area is 184 Å². The van der Waals surface area contributed by atoms with E-state index in [9.17, 15) is 9.59 Å². The van der Waals surface area contributed by atoms with Crippen molar-refractivity contribution in [3.05, 3.63) is 136 Å². The number of aromatic nitrogens is 3. The zero-order valence-electron chi connectivity index (χ0n) is 17.2. The van der Waals surface area contributed by atoms with Crippen LogP contribution in [0.3, 0.4) is 0 Å². The third kappa shape index (κ3) is 3.72. The minimum atomic E-state index is -0.246. The first-order valence-electron chi connectivity index (χ1n) is 10.3. The van der Waals surface area contributed by atoms with Gasteiger partial charge < -0.3 is 0 Å². The number of nitrogens with zero attached hydrogens (tertiary/aromatic N) is 3. The standard InChI is InChI=1S/C27H19N3O2/c31-25(20-11-5-2-6-12-20)21-13-7-14-22(18-21)30-26-23(15-8-16-28-26)29-24(27(30)32)17-19-9-3-1-4-10-19/h1-16,18H,17H2. The lowest BCUT2D eigenvalue weighted by molar-refractivity contribution is 0.103. The van der Waals surface area contributed by atoms with Crippen LogP contribution >= 0.6 is 0 Å². The molecular weight excluding hydrogens is 398 g/mol. The molecule has 0 unspecified atom stereocenters. The highest BCUT2D eigenvalue weighted by atomic mass is 16.1. The summed E-state index contributed by atoms with van der Waals surface area (Å²) in [6, 6.07) is 29.6. The van der Waals surface area contributed by atoms with Crippen molar-refractivity contribution >= 4 is 16.9 Å². The second kappa shape index (κ2) is 8.40. The van der Waals surface area contributed by atoms with E-state index in [1.165, 1.54) is 0 Å². The Kier molecular flexibility index (Phi) is 5.14. The van der Waals surface area contributed by atoms with Gasteiger partial charge in [-0.2, -0.15) is 0 Å². The molecule has 0 aliphatic rings. The third-order valence-corrected chi connectivity index (χ3v) is 5.30. The summed E-state index contributed by atoms with van der Waals surface area (Å²) in [7, 11) is 0. The van der Waals surface area contributed by atoms with Gasteiger partial charge >= 0.3 is 0 Å². The second-order valence-corrected chi connectivity index (χ2v) is 7.45. The number of pyridine rings is 1. The lowest BCUT2D eigenvalue weighted by Gasteiger charge is -2.13. The average molecular weight is 417 g/mol. The fourth-order valence-corrected chi connectivity index (χ4v) is 3.75. The Balaban J connectivity index is 1.66. The first-order valence-corrected chi connectivity index (χ1v) is 10.3. The van der Waals surface area contributed by atoms with E-state index in [2.05, 4.69) is 9.97 Å². The minimum Gasteiger partial charge on any atom is -0.289 e. The van der Waals surface area contributed by atoms with Crippen molar-refractivity contribution in [1.29, 1.82) is 0 Å². The van der Waals surface area contributed by atoms with Crippen molar-refractivity contribution in [2.24, 2.45) is 0 Å². The van der Waals surface area contributed by atoms with E-state index in [0.29, 0.717) is 40.1 Å². The SMILES string of the molecule is O=C(c1ccccc1)c1cccc(-n2c(=O)c(Cc3ccccc3)nc3cccnc32)c1. The van der Waals surface area contributed by atoms with Gasteiger partial charge in [-0.15, -0.1) is 0 Å². The predicted octanol–water partition coefficient (Wildman–Crippen LogP) is 4.60. The van der Waals surface area contributed by atoms with Gasteiger partial charge in [-0.05, 0) is 29.8 Å². The van der Waals surface area contributed by atoms with Gasteiger partial charge in [0.05, 0.1) is 5.69 Å². The maximum Gasteiger partial charge on any atom is 0.278 e. The van der Waals surface area contributed by atoms with Gasteiger partial charge in [-0.25, -0.2) is 9.97 Å². The molecule has 0 radical (unpaired) electrons. The summed E-state index contributed by atoms with van der Waals surface area (Å²) in [5.74, 6) is -0.101. The lowest BCUT2D eigenvalue weighted by Crippen LogP contribution is -2.25. The van der Waals surface area contributed by atoms with E-state index >= 15 is 0 Å². The molecule has 0 fully saturated rings. The molecule has 0 amide bonds. The topological polar surface area (TPSA) is 64.8 Å². The highest BCUT2D eigenvalue weighted by Crippen LogP contribution is 2.18. The second-order valence-electron chi connectivity index (χ2n) is 7.45. The summed E-state index contributed by atoms with van der Waals surface area (Å²) in [5, 5.41) is 0. The highest BCUT2D eigenvalue weighted by Gasteiger charge is 2.16. The number of benzene rings is 3. The van der Waals surface area contributed by atoms with Crippen LogP contribution in [-0.2, 0) is 6.42 Å². The van der Waals surface area contributed by atoms with Gasteiger partial charge in [-0.1, -0.05) is 72.8 Å². The Hall–Kier alpha value is -4.38. The average Bonchev–Trinajstić information content (AvgIpc) is 2.85. The maximum atomic E-state index is 13.5. The van der Waals surface area contributed by atoms with Crippen molar-refractivity contribution in [3.63, 3.8) is 0 Å². The van der Waals surface area contributed by atoms with Crippen molar-refractivity contribution in [2.45, 2.75) is 6.42 Å². The first kappa shape index (κ1) is 19.6. The number of ketones is 1. The normalized spacial score (nSPS) is 10.9. The summed E-state index contributed by atoms with van der Waals surface area (Å²) < 4.78 is 1.54. The molecule has 0 saturated heterocycles. The zero-order chi connectivity index (χ0) is 21.9. The number of carbonyl (C=O) groups is 1. The van der Waals surface area contributed by atoms with Gasteiger partial charge in [0.2, 0.25) is 0 Å². The van der Waals surface area contributed by atoms with Crippen LogP contribution < -0.4 is 5.56 Å². The lowest BCUT2D eigenvalue weighted by atomic mass is 10.0. The largest absolute Gasteiger partial charge is 0.289 e. The molecule has 0 aliphatic carbocycles. The molecule has 0 N–H and O–H groups in total. The van der Waals surface area contributed by atoms with Crippen LogP contribution in [0.1, 0.15) is 27.2 Å². The molecule has 32 heavy (non-hydrogen) atoms. The van der Waals surface area contributed by atoms with E-state index in [0.717, 1.165) is 5.56 Å². The monoisotopic (exact) mass is 417 g/mol. The fraction of sp³-hybridized carbons (Fsp3) is 0.0370. The third-order valence-electron chi connectivity index (χ3n) is 5.30. The molecular formula is C27H19N3O2. The zero-order valence-corrected chi connectivity index (χ0v) is 17.2. The van der Waals surface area contributed by atoms with Crippen LogP contribution in [0.5, 0.6) is 0 Å². The van der Waals surface area contributed by atoms with E-state index in [-0.39, 0.29) is 11.3 Å². The molecule has 2 heterocycles. The summed E-state index contributed by atoms with van der Waals surface area (Å²) >= 11 is 0. The number of fused-ring (bicyclic) bond motifs is 1. The summed E-state index contributed by atoms with van der Waals surface area (Å²) in [6.07, 6.45) is 2.04. The molecule has 5 heteroatoms. The van der Waals surface area contributed by atoms with E-state index < -0.39 is 0 Å². The van der Waals surface area contributed by atoms with E-state index in [1.807, 2.05) is 60.7 Å². The number of hydrogen-bond donors (Lipinski definition) is 0. The van der Waals surface area contributed by atoms with Crippen molar-refractivity contribution in [3.8, 4) is 5.69 Å². The molecule has 0 bridgehead atoms. The number of hydrogen-bond acceptors (Lipinski definition) is 4. The van der Waals surface area contributed by atoms with Gasteiger partial charge in [0.1, 0.15) is 11.2 Å². The van der Waals surface area contributed by atoms with Crippen molar-refractivity contribution in [2.75, 3.05) is 0 Å². The van der Waals surface area contributed by atoms with E-state index in [1.54, 1.807) is 47.2 Å². The quantitative estimate of drug-likeness (QED) is 0.392. The molecule has 0 aliphatic heterocycles. The van der Waals surface area contributed by atoms with Crippen LogP contribution in [0.15, 0.2) is 108 Å². The summed E-state index contributed by atoms with van der Waals surface area (Å²) in [4.78, 5) is 35.5. The summed E-state index contributed by atoms with van der Waals surface area (Å²) in [5.41, 5.74) is 3.94. The molecule has 5 aromatic rings. The van der Waals surface area contributed by atoms with Gasteiger partial charge in [0, 0.05) is 23.7 Å². The van der Waals surface area contributed by atoms with E-state index in [4.69, 9.17) is 0 Å². The van der Waals surface area contributed by atoms with Gasteiger partial charge in [0.15, 0.2) is 11.4 Å².